The summed E-state index contributed by atoms with van der Waals surface area (Å²) in [6, 6.07) is 16.3. The number of alkyl carbamates (subject to hydrolysis) is 1. The van der Waals surface area contributed by atoms with Gasteiger partial charge in [-0.25, -0.2) is 9.59 Å². The quantitative estimate of drug-likeness (QED) is 0.490. The Morgan fingerprint density at radius 2 is 1.71 bits per heavy atom. The predicted molar refractivity (Wildman–Crippen MR) is 130 cm³/mol. The summed E-state index contributed by atoms with van der Waals surface area (Å²) in [4.78, 5) is 26.1. The van der Waals surface area contributed by atoms with E-state index < -0.39 is 18.1 Å². The van der Waals surface area contributed by atoms with Crippen LogP contribution in [0.2, 0.25) is 0 Å². The van der Waals surface area contributed by atoms with Gasteiger partial charge in [0.05, 0.1) is 0 Å². The van der Waals surface area contributed by atoms with Gasteiger partial charge in [-0.15, -0.1) is 0 Å². The topological polar surface area (TPSA) is 100 Å². The largest absolute Gasteiger partial charge is 0.480 e. The number of hydrogen-bond acceptors (Lipinski definition) is 6. The first kappa shape index (κ1) is 25.5. The number of carbonyl (C=O) groups is 2. The van der Waals surface area contributed by atoms with Gasteiger partial charge in [-0.1, -0.05) is 49.4 Å². The van der Waals surface area contributed by atoms with Crippen LogP contribution in [0.3, 0.4) is 0 Å². The molecule has 1 aliphatic rings. The highest BCUT2D eigenvalue weighted by molar-refractivity contribution is 5.80. The van der Waals surface area contributed by atoms with Crippen molar-refractivity contribution in [2.75, 3.05) is 13.1 Å². The van der Waals surface area contributed by atoms with Gasteiger partial charge in [0.1, 0.15) is 18.4 Å². The average molecular weight is 470 g/mol. The van der Waals surface area contributed by atoms with Gasteiger partial charge in [0.2, 0.25) is 0 Å². The van der Waals surface area contributed by atoms with E-state index >= 15 is 0 Å². The van der Waals surface area contributed by atoms with Gasteiger partial charge in [0, 0.05) is 31.6 Å². The van der Waals surface area contributed by atoms with Crippen LogP contribution in [0.15, 0.2) is 54.6 Å². The van der Waals surface area contributed by atoms with Gasteiger partial charge in [-0.3, -0.25) is 4.90 Å². The monoisotopic (exact) mass is 469 g/mol. The van der Waals surface area contributed by atoms with Gasteiger partial charge >= 0.3 is 12.1 Å². The Hall–Kier alpha value is -3.10. The van der Waals surface area contributed by atoms with Crippen LogP contribution in [-0.4, -0.2) is 59.5 Å². The lowest BCUT2D eigenvalue weighted by atomic mass is 10.1. The number of ether oxygens (including phenoxy) is 2. The van der Waals surface area contributed by atoms with Crippen LogP contribution in [0.4, 0.5) is 4.79 Å². The highest BCUT2D eigenvalue weighted by Gasteiger charge is 2.27. The van der Waals surface area contributed by atoms with Crippen LogP contribution in [0, 0.1) is 0 Å². The number of amides is 1. The third-order valence-electron chi connectivity index (χ3n) is 5.78. The molecule has 0 spiro atoms. The molecule has 1 aliphatic heterocycles. The highest BCUT2D eigenvalue weighted by Crippen LogP contribution is 2.19. The Bertz CT molecular complexity index is 912. The van der Waals surface area contributed by atoms with Crippen LogP contribution >= 0.6 is 0 Å². The molecule has 0 aliphatic carbocycles. The maximum atomic E-state index is 12.1. The summed E-state index contributed by atoms with van der Waals surface area (Å²) < 4.78 is 11.4. The minimum absolute atomic E-state index is 0.0225. The summed E-state index contributed by atoms with van der Waals surface area (Å²) in [5, 5.41) is 15.5. The number of nitrogens with zero attached hydrogens (tertiary/aromatic N) is 1. The van der Waals surface area contributed by atoms with Crippen molar-refractivity contribution in [1.82, 2.24) is 15.5 Å². The molecule has 8 heteroatoms. The van der Waals surface area contributed by atoms with Crippen molar-refractivity contribution in [3.8, 4) is 5.75 Å². The second-order valence-corrected chi connectivity index (χ2v) is 8.85. The maximum Gasteiger partial charge on any atom is 0.408 e. The van der Waals surface area contributed by atoms with E-state index in [1.54, 1.807) is 0 Å². The minimum Gasteiger partial charge on any atom is -0.480 e. The fourth-order valence-electron chi connectivity index (χ4n) is 4.22. The molecular weight excluding hydrogens is 434 g/mol. The Balaban J connectivity index is 1.53. The standard InChI is InChI=1S/C26H35N3O5/c1-4-24(29-15-18(2)27-19(3)16-29)34-22-12-10-20(11-13-22)14-23(25(30)31)28-26(32)33-17-21-8-6-5-7-9-21/h5-13,18-19,23-24,27H,4,14-17H2,1-3H3,(H,28,32)(H,30,31). The number of carbonyl (C=O) groups excluding carboxylic acids is 1. The fraction of sp³-hybridized carbons (Fsp3) is 0.462. The summed E-state index contributed by atoms with van der Waals surface area (Å²) in [5.41, 5.74) is 1.61. The van der Waals surface area contributed by atoms with Gasteiger partial charge in [-0.05, 0) is 43.5 Å². The average Bonchev–Trinajstić information content (AvgIpc) is 2.81. The zero-order chi connectivity index (χ0) is 24.5. The van der Waals surface area contributed by atoms with Crippen molar-refractivity contribution in [1.29, 1.82) is 0 Å². The van der Waals surface area contributed by atoms with Crippen molar-refractivity contribution >= 4 is 12.1 Å². The zero-order valence-electron chi connectivity index (χ0n) is 20.1. The molecule has 3 rings (SSSR count). The first-order chi connectivity index (χ1) is 16.3. The van der Waals surface area contributed by atoms with E-state index in [0.29, 0.717) is 12.1 Å². The molecule has 0 radical (unpaired) electrons. The number of carboxylic acids is 1. The van der Waals surface area contributed by atoms with E-state index in [0.717, 1.165) is 36.4 Å². The molecule has 2 aromatic rings. The highest BCUT2D eigenvalue weighted by atomic mass is 16.5. The Morgan fingerprint density at radius 3 is 2.29 bits per heavy atom. The van der Waals surface area contributed by atoms with Crippen LogP contribution in [0.5, 0.6) is 5.75 Å². The number of benzene rings is 2. The van der Waals surface area contributed by atoms with Crippen LogP contribution in [0.25, 0.3) is 0 Å². The Kier molecular flexibility index (Phi) is 9.30. The van der Waals surface area contributed by atoms with E-state index in [2.05, 4.69) is 36.3 Å². The molecule has 0 aromatic heterocycles. The summed E-state index contributed by atoms with van der Waals surface area (Å²) in [5.74, 6) is -0.387. The van der Waals surface area contributed by atoms with E-state index in [9.17, 15) is 14.7 Å². The molecule has 1 fully saturated rings. The Labute approximate surface area is 201 Å². The van der Waals surface area contributed by atoms with Crippen molar-refractivity contribution < 1.29 is 24.2 Å². The van der Waals surface area contributed by atoms with Crippen LogP contribution < -0.4 is 15.4 Å². The first-order valence-corrected chi connectivity index (χ1v) is 11.8. The second-order valence-electron chi connectivity index (χ2n) is 8.85. The van der Waals surface area contributed by atoms with E-state index in [4.69, 9.17) is 9.47 Å². The van der Waals surface area contributed by atoms with Crippen molar-refractivity contribution in [2.24, 2.45) is 0 Å². The maximum absolute atomic E-state index is 12.1. The lowest BCUT2D eigenvalue weighted by molar-refractivity contribution is -0.139. The lowest BCUT2D eigenvalue weighted by Crippen LogP contribution is -2.58. The number of aliphatic carboxylic acids is 1. The van der Waals surface area contributed by atoms with Crippen molar-refractivity contribution in [3.05, 3.63) is 65.7 Å². The van der Waals surface area contributed by atoms with Gasteiger partial charge in [0.15, 0.2) is 6.23 Å². The summed E-state index contributed by atoms with van der Waals surface area (Å²) in [7, 11) is 0. The molecule has 4 atom stereocenters. The molecule has 3 N–H and O–H groups in total. The summed E-state index contributed by atoms with van der Waals surface area (Å²) in [6.45, 7) is 8.38. The van der Waals surface area contributed by atoms with Crippen LogP contribution in [-0.2, 0) is 22.6 Å². The summed E-state index contributed by atoms with van der Waals surface area (Å²) in [6.07, 6.45) is 0.212. The molecular formula is C26H35N3O5. The molecule has 1 saturated heterocycles. The molecule has 2 aromatic carbocycles. The van der Waals surface area contributed by atoms with Crippen molar-refractivity contribution in [3.63, 3.8) is 0 Å². The van der Waals surface area contributed by atoms with Gasteiger partial charge in [0.25, 0.3) is 0 Å². The van der Waals surface area contributed by atoms with Gasteiger partial charge < -0.3 is 25.2 Å². The number of hydrogen-bond donors (Lipinski definition) is 3. The zero-order valence-corrected chi connectivity index (χ0v) is 20.1. The Morgan fingerprint density at radius 1 is 1.06 bits per heavy atom. The number of nitrogens with one attached hydrogen (secondary N) is 2. The molecule has 0 bridgehead atoms. The predicted octanol–water partition coefficient (Wildman–Crippen LogP) is 3.41. The third kappa shape index (κ3) is 7.74. The lowest BCUT2D eigenvalue weighted by Gasteiger charge is -2.40. The second kappa shape index (κ2) is 12.4. The molecule has 34 heavy (non-hydrogen) atoms. The van der Waals surface area contributed by atoms with E-state index in [-0.39, 0.29) is 19.3 Å². The normalized spacial score (nSPS) is 20.2. The number of piperazine rings is 1. The smallest absolute Gasteiger partial charge is 0.408 e. The SMILES string of the molecule is CCC(Oc1ccc(CC(NC(=O)OCc2ccccc2)C(=O)O)cc1)N1CC(C)NC(C)C1. The molecule has 184 valence electrons. The number of carboxylic acid groups (broad SMARTS) is 1. The van der Waals surface area contributed by atoms with Crippen molar-refractivity contribution in [2.45, 2.75) is 64.6 Å². The molecule has 4 unspecified atom stereocenters. The first-order valence-electron chi connectivity index (χ1n) is 11.8. The molecule has 8 nitrogen and oxygen atoms in total. The number of rotatable bonds is 10. The molecule has 1 heterocycles. The minimum atomic E-state index is -1.12. The van der Waals surface area contributed by atoms with Crippen LogP contribution in [0.1, 0.15) is 38.3 Å². The fourth-order valence-corrected chi connectivity index (χ4v) is 4.22. The van der Waals surface area contributed by atoms with E-state index in [1.165, 1.54) is 0 Å². The van der Waals surface area contributed by atoms with Gasteiger partial charge in [-0.2, -0.15) is 0 Å². The van der Waals surface area contributed by atoms with E-state index in [1.807, 2.05) is 54.6 Å². The molecule has 0 saturated carbocycles. The third-order valence-corrected chi connectivity index (χ3v) is 5.78. The molecule has 1 amide bonds. The summed E-state index contributed by atoms with van der Waals surface area (Å²) >= 11 is 0.